The van der Waals surface area contributed by atoms with Crippen molar-refractivity contribution in [1.82, 2.24) is 15.8 Å². The molecule has 4 amide bonds. The standard InChI is InChI=1S/C19H16FN3O5/c20-12-4-3-5-13(10-12)28-11-17(25)22-21-16(24)8-9-23-18(26)14-6-1-2-7-15(14)19(23)27/h1-7,10H,8-9,11H2,(H,21,24)(H,22,25). The molecular formula is C19H16FN3O5. The first-order chi connectivity index (χ1) is 13.5. The number of carbonyl (C=O) groups is 4. The second-order valence-electron chi connectivity index (χ2n) is 5.90. The third kappa shape index (κ3) is 4.32. The molecule has 0 saturated heterocycles. The van der Waals surface area contributed by atoms with E-state index in [1.165, 1.54) is 18.2 Å². The minimum atomic E-state index is -0.654. The summed E-state index contributed by atoms with van der Waals surface area (Å²) in [6.45, 7) is -0.546. The van der Waals surface area contributed by atoms with Gasteiger partial charge in [0.15, 0.2) is 6.61 Å². The van der Waals surface area contributed by atoms with Gasteiger partial charge in [-0.2, -0.15) is 0 Å². The molecule has 8 nitrogen and oxygen atoms in total. The average Bonchev–Trinajstić information content (AvgIpc) is 2.94. The molecular weight excluding hydrogens is 369 g/mol. The first-order valence-corrected chi connectivity index (χ1v) is 8.37. The molecule has 2 aromatic carbocycles. The SMILES string of the molecule is O=C(CCN1C(=O)c2ccccc2C1=O)NNC(=O)COc1cccc(F)c1. The highest BCUT2D eigenvalue weighted by molar-refractivity contribution is 6.21. The van der Waals surface area contributed by atoms with E-state index in [2.05, 4.69) is 10.9 Å². The van der Waals surface area contributed by atoms with Crippen molar-refractivity contribution >= 4 is 23.6 Å². The molecule has 0 radical (unpaired) electrons. The third-order valence-corrected chi connectivity index (χ3v) is 3.95. The Balaban J connectivity index is 1.41. The number of nitrogens with one attached hydrogen (secondary N) is 2. The zero-order valence-corrected chi connectivity index (χ0v) is 14.6. The van der Waals surface area contributed by atoms with Gasteiger partial charge in [0.25, 0.3) is 17.7 Å². The Morgan fingerprint density at radius 1 is 0.929 bits per heavy atom. The number of rotatable bonds is 6. The highest BCUT2D eigenvalue weighted by atomic mass is 19.1. The van der Waals surface area contributed by atoms with Crippen LogP contribution in [0.1, 0.15) is 27.1 Å². The second-order valence-corrected chi connectivity index (χ2v) is 5.90. The van der Waals surface area contributed by atoms with Gasteiger partial charge in [-0.3, -0.25) is 34.9 Å². The number of ether oxygens (including phenoxy) is 1. The largest absolute Gasteiger partial charge is 0.484 e. The Labute approximate surface area is 159 Å². The van der Waals surface area contributed by atoms with E-state index in [1.807, 2.05) is 0 Å². The summed E-state index contributed by atoms with van der Waals surface area (Å²) in [6.07, 6.45) is -0.184. The lowest BCUT2D eigenvalue weighted by atomic mass is 10.1. The second kappa shape index (κ2) is 8.30. The van der Waals surface area contributed by atoms with Crippen LogP contribution in [0.15, 0.2) is 48.5 Å². The van der Waals surface area contributed by atoms with Gasteiger partial charge in [-0.15, -0.1) is 0 Å². The highest BCUT2D eigenvalue weighted by Crippen LogP contribution is 2.22. The molecule has 0 spiro atoms. The third-order valence-electron chi connectivity index (χ3n) is 3.95. The maximum atomic E-state index is 13.0. The molecule has 2 N–H and O–H groups in total. The predicted molar refractivity (Wildman–Crippen MR) is 94.6 cm³/mol. The maximum Gasteiger partial charge on any atom is 0.276 e. The molecule has 1 aliphatic heterocycles. The van der Waals surface area contributed by atoms with E-state index < -0.39 is 36.1 Å². The Kier molecular flexibility index (Phi) is 5.64. The molecule has 0 unspecified atom stereocenters. The van der Waals surface area contributed by atoms with Crippen molar-refractivity contribution in [2.45, 2.75) is 6.42 Å². The molecule has 0 aromatic heterocycles. The molecule has 28 heavy (non-hydrogen) atoms. The van der Waals surface area contributed by atoms with E-state index in [0.717, 1.165) is 11.0 Å². The van der Waals surface area contributed by atoms with Crippen molar-refractivity contribution in [3.05, 3.63) is 65.5 Å². The van der Waals surface area contributed by atoms with Crippen LogP contribution in [0.4, 0.5) is 4.39 Å². The number of carbonyl (C=O) groups excluding carboxylic acids is 4. The molecule has 0 saturated carbocycles. The minimum absolute atomic E-state index is 0.117. The van der Waals surface area contributed by atoms with Gasteiger partial charge in [0.2, 0.25) is 5.91 Å². The van der Waals surface area contributed by atoms with Gasteiger partial charge in [0.05, 0.1) is 11.1 Å². The predicted octanol–water partition coefficient (Wildman–Crippen LogP) is 1.04. The Bertz CT molecular complexity index is 912. The lowest BCUT2D eigenvalue weighted by Crippen LogP contribution is -2.45. The Morgan fingerprint density at radius 3 is 2.21 bits per heavy atom. The molecule has 0 atom stereocenters. The van der Waals surface area contributed by atoms with Crippen LogP contribution in [0, 0.1) is 5.82 Å². The van der Waals surface area contributed by atoms with Crippen molar-refractivity contribution < 1.29 is 28.3 Å². The summed E-state index contributed by atoms with van der Waals surface area (Å²) in [7, 11) is 0. The van der Waals surface area contributed by atoms with Crippen LogP contribution in [0.2, 0.25) is 0 Å². The zero-order valence-electron chi connectivity index (χ0n) is 14.6. The monoisotopic (exact) mass is 385 g/mol. The molecule has 1 aliphatic rings. The maximum absolute atomic E-state index is 13.0. The number of halogens is 1. The van der Waals surface area contributed by atoms with E-state index in [-0.39, 0.29) is 18.7 Å². The Hall–Kier alpha value is -3.75. The first kappa shape index (κ1) is 19.0. The van der Waals surface area contributed by atoms with E-state index in [9.17, 15) is 23.6 Å². The lowest BCUT2D eigenvalue weighted by molar-refractivity contribution is -0.130. The number of nitrogens with zero attached hydrogens (tertiary/aromatic N) is 1. The Morgan fingerprint density at radius 2 is 1.57 bits per heavy atom. The van der Waals surface area contributed by atoms with Crippen LogP contribution in [0.5, 0.6) is 5.75 Å². The van der Waals surface area contributed by atoms with E-state index in [0.29, 0.717) is 11.1 Å². The summed E-state index contributed by atoms with van der Waals surface area (Å²) in [5, 5.41) is 0. The van der Waals surface area contributed by atoms with Gasteiger partial charge < -0.3 is 4.74 Å². The molecule has 2 aromatic rings. The van der Waals surface area contributed by atoms with E-state index >= 15 is 0 Å². The summed E-state index contributed by atoms with van der Waals surface area (Å²) in [5.41, 5.74) is 4.90. The summed E-state index contributed by atoms with van der Waals surface area (Å²) in [6, 6.07) is 11.7. The first-order valence-electron chi connectivity index (χ1n) is 8.37. The van der Waals surface area contributed by atoms with Crippen LogP contribution in [0.3, 0.4) is 0 Å². The number of benzene rings is 2. The van der Waals surface area contributed by atoms with Gasteiger partial charge in [-0.1, -0.05) is 18.2 Å². The van der Waals surface area contributed by atoms with Crippen molar-refractivity contribution in [2.75, 3.05) is 13.2 Å². The minimum Gasteiger partial charge on any atom is -0.484 e. The van der Waals surface area contributed by atoms with Crippen molar-refractivity contribution in [3.63, 3.8) is 0 Å². The normalized spacial score (nSPS) is 12.5. The highest BCUT2D eigenvalue weighted by Gasteiger charge is 2.34. The van der Waals surface area contributed by atoms with Crippen LogP contribution in [-0.4, -0.2) is 41.7 Å². The zero-order chi connectivity index (χ0) is 20.1. The summed E-state index contributed by atoms with van der Waals surface area (Å²) < 4.78 is 18.1. The summed E-state index contributed by atoms with van der Waals surface area (Å²) >= 11 is 0. The number of amides is 4. The number of fused-ring (bicyclic) bond motifs is 1. The summed E-state index contributed by atoms with van der Waals surface area (Å²) in [4.78, 5) is 48.9. The smallest absolute Gasteiger partial charge is 0.276 e. The van der Waals surface area contributed by atoms with Gasteiger partial charge in [-0.25, -0.2) is 4.39 Å². The molecule has 0 fully saturated rings. The van der Waals surface area contributed by atoms with E-state index in [4.69, 9.17) is 4.74 Å². The van der Waals surface area contributed by atoms with Gasteiger partial charge in [0.1, 0.15) is 11.6 Å². The van der Waals surface area contributed by atoms with Gasteiger partial charge >= 0.3 is 0 Å². The molecule has 3 rings (SSSR count). The molecule has 144 valence electrons. The van der Waals surface area contributed by atoms with E-state index in [1.54, 1.807) is 24.3 Å². The number of hydrogen-bond donors (Lipinski definition) is 2. The molecule has 1 heterocycles. The fourth-order valence-corrected chi connectivity index (χ4v) is 2.60. The van der Waals surface area contributed by atoms with Crippen molar-refractivity contribution in [1.29, 1.82) is 0 Å². The number of hydrazine groups is 1. The number of hydrogen-bond acceptors (Lipinski definition) is 5. The molecule has 0 bridgehead atoms. The van der Waals surface area contributed by atoms with Crippen molar-refractivity contribution in [2.24, 2.45) is 0 Å². The fraction of sp³-hybridized carbons (Fsp3) is 0.158. The topological polar surface area (TPSA) is 105 Å². The van der Waals surface area contributed by atoms with Crippen LogP contribution in [-0.2, 0) is 9.59 Å². The van der Waals surface area contributed by atoms with Crippen LogP contribution >= 0.6 is 0 Å². The lowest BCUT2D eigenvalue weighted by Gasteiger charge is -2.14. The quantitative estimate of drug-likeness (QED) is 0.571. The number of imide groups is 1. The van der Waals surface area contributed by atoms with Crippen LogP contribution in [0.25, 0.3) is 0 Å². The molecule has 0 aliphatic carbocycles. The van der Waals surface area contributed by atoms with Crippen molar-refractivity contribution in [3.8, 4) is 5.75 Å². The average molecular weight is 385 g/mol. The van der Waals surface area contributed by atoms with Gasteiger partial charge in [0, 0.05) is 19.0 Å². The van der Waals surface area contributed by atoms with Gasteiger partial charge in [-0.05, 0) is 24.3 Å². The molecule has 9 heteroatoms. The summed E-state index contributed by atoms with van der Waals surface area (Å²) in [5.74, 6) is -2.48. The van der Waals surface area contributed by atoms with Crippen LogP contribution < -0.4 is 15.6 Å². The fourth-order valence-electron chi connectivity index (χ4n) is 2.60.